The molecule has 2 heterocycles. The minimum atomic E-state index is 0.174. The van der Waals surface area contributed by atoms with E-state index >= 15 is 0 Å². The van der Waals surface area contributed by atoms with Crippen LogP contribution in [0.2, 0.25) is 0 Å². The first-order chi connectivity index (χ1) is 8.44. The lowest BCUT2D eigenvalue weighted by atomic mass is 9.97. The number of rotatable bonds is 2. The van der Waals surface area contributed by atoms with Crippen LogP contribution in [0.3, 0.4) is 0 Å². The van der Waals surface area contributed by atoms with Gasteiger partial charge in [-0.2, -0.15) is 5.26 Å². The summed E-state index contributed by atoms with van der Waals surface area (Å²) in [4.78, 5) is 8.36. The summed E-state index contributed by atoms with van der Waals surface area (Å²) in [6, 6.07) is 4.11. The van der Waals surface area contributed by atoms with E-state index in [2.05, 4.69) is 48.3 Å². The van der Waals surface area contributed by atoms with Gasteiger partial charge in [0.05, 0.1) is 0 Å². The third-order valence-electron chi connectivity index (χ3n) is 2.82. The smallest absolute Gasteiger partial charge is 0.234 e. The summed E-state index contributed by atoms with van der Waals surface area (Å²) in [6.45, 7) is 9.62. The van der Waals surface area contributed by atoms with Crippen LogP contribution in [0, 0.1) is 16.7 Å². The van der Waals surface area contributed by atoms with E-state index in [9.17, 15) is 0 Å². The summed E-state index contributed by atoms with van der Waals surface area (Å²) in [5.41, 5.74) is 2.28. The molecule has 2 aromatic heterocycles. The average Bonchev–Trinajstić information content (AvgIpc) is 2.64. The Morgan fingerprint density at radius 1 is 1.39 bits per heavy atom. The van der Waals surface area contributed by atoms with Crippen molar-refractivity contribution in [1.82, 2.24) is 14.5 Å². The average molecular weight is 242 g/mol. The number of nitriles is 1. The van der Waals surface area contributed by atoms with Gasteiger partial charge in [-0.15, -0.1) is 0 Å². The lowest BCUT2D eigenvalue weighted by Crippen LogP contribution is -2.17. The molecule has 0 aliphatic carbocycles. The molecule has 4 heteroatoms. The number of aromatic nitrogens is 3. The molecule has 0 aromatic carbocycles. The van der Waals surface area contributed by atoms with Gasteiger partial charge in [0.15, 0.2) is 0 Å². The van der Waals surface area contributed by atoms with Crippen LogP contribution >= 0.6 is 0 Å². The highest BCUT2D eigenvalue weighted by molar-refractivity contribution is 5.76. The molecule has 0 spiro atoms. The third-order valence-corrected chi connectivity index (χ3v) is 2.82. The van der Waals surface area contributed by atoms with Crippen LogP contribution in [-0.4, -0.2) is 14.5 Å². The van der Waals surface area contributed by atoms with Crippen molar-refractivity contribution in [2.24, 2.45) is 5.41 Å². The fourth-order valence-corrected chi connectivity index (χ4v) is 2.09. The van der Waals surface area contributed by atoms with E-state index in [0.717, 1.165) is 24.0 Å². The molecule has 0 aliphatic rings. The Labute approximate surface area is 107 Å². The molecular formula is C14H18N4. The zero-order valence-electron chi connectivity index (χ0n) is 11.4. The fourth-order valence-electron chi connectivity index (χ4n) is 2.09. The molecule has 0 unspecified atom stereocenters. The minimum Gasteiger partial charge on any atom is -0.329 e. The molecule has 2 aromatic rings. The first kappa shape index (κ1) is 12.6. The molecule has 0 N–H and O–H groups in total. The maximum atomic E-state index is 8.90. The second kappa shape index (κ2) is 4.41. The molecule has 0 fully saturated rings. The predicted octanol–water partition coefficient (Wildman–Crippen LogP) is 2.91. The van der Waals surface area contributed by atoms with Crippen molar-refractivity contribution in [2.45, 2.75) is 40.7 Å². The SMILES string of the molecule is CCc1cc2cnc(C#N)nc2n1CC(C)(C)C. The molecule has 0 radical (unpaired) electrons. The summed E-state index contributed by atoms with van der Waals surface area (Å²) in [5.74, 6) is 0.235. The molecule has 0 saturated carbocycles. The van der Waals surface area contributed by atoms with E-state index in [1.54, 1.807) is 6.20 Å². The Balaban J connectivity index is 2.63. The van der Waals surface area contributed by atoms with E-state index in [0.29, 0.717) is 0 Å². The molecule has 18 heavy (non-hydrogen) atoms. The standard InChI is InChI=1S/C14H18N4/c1-5-11-6-10-8-16-12(7-15)17-13(10)18(11)9-14(2,3)4/h6,8H,5,9H2,1-4H3. The van der Waals surface area contributed by atoms with Gasteiger partial charge in [0.25, 0.3) is 0 Å². The number of nitrogens with zero attached hydrogens (tertiary/aromatic N) is 4. The van der Waals surface area contributed by atoms with Crippen molar-refractivity contribution in [3.63, 3.8) is 0 Å². The summed E-state index contributed by atoms with van der Waals surface area (Å²) >= 11 is 0. The maximum absolute atomic E-state index is 8.90. The predicted molar refractivity (Wildman–Crippen MR) is 71.1 cm³/mol. The normalized spacial score (nSPS) is 11.7. The van der Waals surface area contributed by atoms with Crippen molar-refractivity contribution in [3.8, 4) is 6.07 Å². The molecule has 94 valence electrons. The van der Waals surface area contributed by atoms with Crippen LogP contribution in [0.5, 0.6) is 0 Å². The summed E-state index contributed by atoms with van der Waals surface area (Å²) < 4.78 is 2.21. The molecular weight excluding hydrogens is 224 g/mol. The van der Waals surface area contributed by atoms with Crippen LogP contribution in [0.1, 0.15) is 39.2 Å². The maximum Gasteiger partial charge on any atom is 0.234 e. The molecule has 0 amide bonds. The Bertz CT molecular complexity index is 611. The van der Waals surface area contributed by atoms with Crippen molar-refractivity contribution >= 4 is 11.0 Å². The summed E-state index contributed by atoms with van der Waals surface area (Å²) in [6.07, 6.45) is 2.69. The molecule has 0 saturated heterocycles. The van der Waals surface area contributed by atoms with Gasteiger partial charge in [0.2, 0.25) is 5.82 Å². The van der Waals surface area contributed by atoms with Gasteiger partial charge in [0, 0.05) is 23.8 Å². The monoisotopic (exact) mass is 242 g/mol. The van der Waals surface area contributed by atoms with Crippen LogP contribution in [0.15, 0.2) is 12.3 Å². The first-order valence-electron chi connectivity index (χ1n) is 6.20. The Hall–Kier alpha value is -1.89. The van der Waals surface area contributed by atoms with Crippen molar-refractivity contribution in [2.75, 3.05) is 0 Å². The molecule has 0 atom stereocenters. The number of aryl methyl sites for hydroxylation is 1. The quantitative estimate of drug-likeness (QED) is 0.813. The topological polar surface area (TPSA) is 54.5 Å². The van der Waals surface area contributed by atoms with Gasteiger partial charge in [-0.3, -0.25) is 0 Å². The molecule has 0 aliphatic heterocycles. The second-order valence-electron chi connectivity index (χ2n) is 5.72. The molecule has 4 nitrogen and oxygen atoms in total. The third kappa shape index (κ3) is 2.35. The van der Waals surface area contributed by atoms with Crippen LogP contribution in [-0.2, 0) is 13.0 Å². The Morgan fingerprint density at radius 3 is 2.67 bits per heavy atom. The Kier molecular flexibility index (Phi) is 3.08. The number of hydrogen-bond donors (Lipinski definition) is 0. The largest absolute Gasteiger partial charge is 0.329 e. The van der Waals surface area contributed by atoms with Crippen LogP contribution in [0.25, 0.3) is 11.0 Å². The van der Waals surface area contributed by atoms with Gasteiger partial charge in [-0.1, -0.05) is 27.7 Å². The fraction of sp³-hybridized carbons (Fsp3) is 0.500. The summed E-state index contributed by atoms with van der Waals surface area (Å²) in [5, 5.41) is 9.91. The van der Waals surface area contributed by atoms with E-state index in [-0.39, 0.29) is 11.2 Å². The van der Waals surface area contributed by atoms with Gasteiger partial charge in [0.1, 0.15) is 11.7 Å². The van der Waals surface area contributed by atoms with Gasteiger partial charge in [-0.05, 0) is 17.9 Å². The van der Waals surface area contributed by atoms with Gasteiger partial charge >= 0.3 is 0 Å². The van der Waals surface area contributed by atoms with E-state index < -0.39 is 0 Å². The minimum absolute atomic E-state index is 0.174. The highest BCUT2D eigenvalue weighted by Gasteiger charge is 2.17. The van der Waals surface area contributed by atoms with Crippen molar-refractivity contribution in [1.29, 1.82) is 5.26 Å². The van der Waals surface area contributed by atoms with E-state index in [1.807, 2.05) is 6.07 Å². The zero-order chi connectivity index (χ0) is 13.3. The van der Waals surface area contributed by atoms with Gasteiger partial charge in [-0.25, -0.2) is 9.97 Å². The van der Waals surface area contributed by atoms with Crippen LogP contribution < -0.4 is 0 Å². The van der Waals surface area contributed by atoms with E-state index in [4.69, 9.17) is 5.26 Å². The second-order valence-corrected chi connectivity index (χ2v) is 5.72. The number of hydrogen-bond acceptors (Lipinski definition) is 3. The summed E-state index contributed by atoms with van der Waals surface area (Å²) in [7, 11) is 0. The van der Waals surface area contributed by atoms with Crippen molar-refractivity contribution < 1.29 is 0 Å². The lowest BCUT2D eigenvalue weighted by molar-refractivity contribution is 0.344. The first-order valence-corrected chi connectivity index (χ1v) is 6.20. The van der Waals surface area contributed by atoms with Crippen LogP contribution in [0.4, 0.5) is 0 Å². The zero-order valence-corrected chi connectivity index (χ0v) is 11.4. The number of fused-ring (bicyclic) bond motifs is 1. The Morgan fingerprint density at radius 2 is 2.11 bits per heavy atom. The van der Waals surface area contributed by atoms with E-state index in [1.165, 1.54) is 5.69 Å². The molecule has 0 bridgehead atoms. The van der Waals surface area contributed by atoms with Gasteiger partial charge < -0.3 is 4.57 Å². The lowest BCUT2D eigenvalue weighted by Gasteiger charge is -2.21. The molecule has 2 rings (SSSR count). The van der Waals surface area contributed by atoms with Crippen molar-refractivity contribution in [3.05, 3.63) is 23.8 Å². The highest BCUT2D eigenvalue weighted by atomic mass is 15.1. The highest BCUT2D eigenvalue weighted by Crippen LogP contribution is 2.24.